The fraction of sp³-hybridized carbons (Fsp3) is 0.250. The minimum Gasteiger partial charge on any atom is -0.237 e. The minimum absolute atomic E-state index is 0.535. The van der Waals surface area contributed by atoms with Gasteiger partial charge < -0.3 is 0 Å². The zero-order valence-corrected chi connectivity index (χ0v) is 9.38. The summed E-state index contributed by atoms with van der Waals surface area (Å²) in [4.78, 5) is 0. The smallest absolute Gasteiger partial charge is 0.160 e. The number of nitrogens with zero attached hydrogens (tertiary/aromatic N) is 2. The predicted octanol–water partition coefficient (Wildman–Crippen LogP) is 3.08. The van der Waals surface area contributed by atoms with Gasteiger partial charge in [0.15, 0.2) is 11.6 Å². The van der Waals surface area contributed by atoms with Crippen molar-refractivity contribution < 1.29 is 8.78 Å². The van der Waals surface area contributed by atoms with Crippen LogP contribution in [-0.4, -0.2) is 9.78 Å². The summed E-state index contributed by atoms with van der Waals surface area (Å²) < 4.78 is 27.5. The molecule has 0 amide bonds. The second-order valence-corrected chi connectivity index (χ2v) is 3.81. The summed E-state index contributed by atoms with van der Waals surface area (Å²) in [5.74, 6) is -1.70. The average Bonchev–Trinajstić information content (AvgIpc) is 2.50. The number of halogens is 2. The Balaban J connectivity index is 2.59. The Bertz CT molecular complexity index is 544. The largest absolute Gasteiger partial charge is 0.237 e. The first kappa shape index (κ1) is 10.8. The SMILES string of the molecule is Cc1nn(-c2ccc(F)c(F)c2)c(C)c1C. The van der Waals surface area contributed by atoms with Crippen molar-refractivity contribution in [3.8, 4) is 5.69 Å². The zero-order valence-electron chi connectivity index (χ0n) is 9.38. The van der Waals surface area contributed by atoms with Crippen molar-refractivity contribution in [2.45, 2.75) is 20.8 Å². The summed E-state index contributed by atoms with van der Waals surface area (Å²) >= 11 is 0. The van der Waals surface area contributed by atoms with Crippen LogP contribution in [0.2, 0.25) is 0 Å². The standard InChI is InChI=1S/C12H12F2N2/c1-7-8(2)15-16(9(7)3)10-4-5-11(13)12(14)6-10/h4-6H,1-3H3. The molecule has 0 radical (unpaired) electrons. The Morgan fingerprint density at radius 3 is 2.25 bits per heavy atom. The van der Waals surface area contributed by atoms with Crippen LogP contribution in [0.15, 0.2) is 18.2 Å². The lowest BCUT2D eigenvalue weighted by Gasteiger charge is -2.04. The first-order valence-corrected chi connectivity index (χ1v) is 4.99. The molecule has 0 bridgehead atoms. The van der Waals surface area contributed by atoms with Crippen molar-refractivity contribution in [1.82, 2.24) is 9.78 Å². The summed E-state index contributed by atoms with van der Waals surface area (Å²) in [6.45, 7) is 5.74. The third kappa shape index (κ3) is 1.60. The van der Waals surface area contributed by atoms with E-state index in [1.165, 1.54) is 6.07 Å². The van der Waals surface area contributed by atoms with E-state index in [1.54, 1.807) is 4.68 Å². The molecule has 0 aliphatic carbocycles. The Morgan fingerprint density at radius 2 is 1.75 bits per heavy atom. The average molecular weight is 222 g/mol. The van der Waals surface area contributed by atoms with E-state index in [0.29, 0.717) is 5.69 Å². The van der Waals surface area contributed by atoms with Crippen LogP contribution in [0.4, 0.5) is 8.78 Å². The quantitative estimate of drug-likeness (QED) is 0.725. The Kier molecular flexibility index (Phi) is 2.50. The summed E-state index contributed by atoms with van der Waals surface area (Å²) in [5.41, 5.74) is 3.42. The van der Waals surface area contributed by atoms with Gasteiger partial charge in [-0.2, -0.15) is 5.10 Å². The highest BCUT2D eigenvalue weighted by Crippen LogP contribution is 2.18. The molecule has 0 atom stereocenters. The normalized spacial score (nSPS) is 10.8. The molecule has 84 valence electrons. The first-order chi connectivity index (χ1) is 7.50. The van der Waals surface area contributed by atoms with Gasteiger partial charge in [-0.3, -0.25) is 0 Å². The third-order valence-electron chi connectivity index (χ3n) is 2.80. The molecular formula is C12H12F2N2. The van der Waals surface area contributed by atoms with Gasteiger partial charge in [0.1, 0.15) is 0 Å². The van der Waals surface area contributed by atoms with Gasteiger partial charge in [-0.1, -0.05) is 0 Å². The molecule has 0 aliphatic heterocycles. The molecule has 16 heavy (non-hydrogen) atoms. The van der Waals surface area contributed by atoms with E-state index in [9.17, 15) is 8.78 Å². The molecule has 1 aromatic heterocycles. The second-order valence-electron chi connectivity index (χ2n) is 3.81. The summed E-state index contributed by atoms with van der Waals surface area (Å²) in [6.07, 6.45) is 0. The molecule has 0 unspecified atom stereocenters. The van der Waals surface area contributed by atoms with Gasteiger partial charge in [-0.25, -0.2) is 13.5 Å². The van der Waals surface area contributed by atoms with Crippen molar-refractivity contribution >= 4 is 0 Å². The molecular weight excluding hydrogens is 210 g/mol. The lowest BCUT2D eigenvalue weighted by atomic mass is 10.2. The lowest BCUT2D eigenvalue weighted by Crippen LogP contribution is -2.00. The first-order valence-electron chi connectivity index (χ1n) is 4.99. The third-order valence-corrected chi connectivity index (χ3v) is 2.80. The van der Waals surface area contributed by atoms with E-state index < -0.39 is 11.6 Å². The molecule has 4 heteroatoms. The van der Waals surface area contributed by atoms with E-state index in [-0.39, 0.29) is 0 Å². The summed E-state index contributed by atoms with van der Waals surface area (Å²) in [5, 5.41) is 4.28. The van der Waals surface area contributed by atoms with Gasteiger partial charge in [0.05, 0.1) is 11.4 Å². The Hall–Kier alpha value is -1.71. The van der Waals surface area contributed by atoms with Crippen molar-refractivity contribution in [1.29, 1.82) is 0 Å². The van der Waals surface area contributed by atoms with Gasteiger partial charge in [0.25, 0.3) is 0 Å². The van der Waals surface area contributed by atoms with Gasteiger partial charge in [0, 0.05) is 11.8 Å². The van der Waals surface area contributed by atoms with Crippen LogP contribution in [0, 0.1) is 32.4 Å². The van der Waals surface area contributed by atoms with Crippen molar-refractivity contribution in [3.63, 3.8) is 0 Å². The molecule has 2 nitrogen and oxygen atoms in total. The molecule has 0 N–H and O–H groups in total. The number of benzene rings is 1. The molecule has 1 aromatic carbocycles. The van der Waals surface area contributed by atoms with E-state index in [2.05, 4.69) is 5.10 Å². The lowest BCUT2D eigenvalue weighted by molar-refractivity contribution is 0.507. The van der Waals surface area contributed by atoms with Crippen LogP contribution >= 0.6 is 0 Å². The summed E-state index contributed by atoms with van der Waals surface area (Å²) in [6, 6.07) is 3.77. The zero-order chi connectivity index (χ0) is 11.9. The van der Waals surface area contributed by atoms with E-state index in [4.69, 9.17) is 0 Å². The maximum atomic E-state index is 13.1. The number of aromatic nitrogens is 2. The number of hydrogen-bond acceptors (Lipinski definition) is 1. The van der Waals surface area contributed by atoms with Gasteiger partial charge in [0.2, 0.25) is 0 Å². The maximum absolute atomic E-state index is 13.1. The van der Waals surface area contributed by atoms with Crippen LogP contribution in [0.3, 0.4) is 0 Å². The number of aryl methyl sites for hydroxylation is 1. The van der Waals surface area contributed by atoms with E-state index in [1.807, 2.05) is 20.8 Å². The summed E-state index contributed by atoms with van der Waals surface area (Å²) in [7, 11) is 0. The van der Waals surface area contributed by atoms with Crippen LogP contribution < -0.4 is 0 Å². The molecule has 0 aliphatic rings. The number of hydrogen-bond donors (Lipinski definition) is 0. The molecule has 2 aromatic rings. The molecule has 0 spiro atoms. The predicted molar refractivity (Wildman–Crippen MR) is 57.7 cm³/mol. The molecule has 1 heterocycles. The Labute approximate surface area is 92.5 Å². The van der Waals surface area contributed by atoms with Crippen molar-refractivity contribution in [2.24, 2.45) is 0 Å². The monoisotopic (exact) mass is 222 g/mol. The minimum atomic E-state index is -0.859. The molecule has 0 fully saturated rings. The van der Waals surface area contributed by atoms with Crippen LogP contribution in [0.1, 0.15) is 17.0 Å². The number of rotatable bonds is 1. The van der Waals surface area contributed by atoms with Crippen LogP contribution in [0.5, 0.6) is 0 Å². The van der Waals surface area contributed by atoms with Gasteiger partial charge in [-0.15, -0.1) is 0 Å². The highest BCUT2D eigenvalue weighted by atomic mass is 19.2. The van der Waals surface area contributed by atoms with Gasteiger partial charge >= 0.3 is 0 Å². The van der Waals surface area contributed by atoms with E-state index in [0.717, 1.165) is 29.1 Å². The fourth-order valence-corrected chi connectivity index (χ4v) is 1.59. The highest BCUT2D eigenvalue weighted by Gasteiger charge is 2.10. The topological polar surface area (TPSA) is 17.8 Å². The van der Waals surface area contributed by atoms with Crippen molar-refractivity contribution in [2.75, 3.05) is 0 Å². The van der Waals surface area contributed by atoms with E-state index >= 15 is 0 Å². The maximum Gasteiger partial charge on any atom is 0.160 e. The second kappa shape index (κ2) is 3.70. The molecule has 0 saturated carbocycles. The van der Waals surface area contributed by atoms with Crippen LogP contribution in [0.25, 0.3) is 5.69 Å². The van der Waals surface area contributed by atoms with Gasteiger partial charge in [-0.05, 0) is 38.5 Å². The Morgan fingerprint density at radius 1 is 1.06 bits per heavy atom. The molecule has 2 rings (SSSR count). The fourth-order valence-electron chi connectivity index (χ4n) is 1.59. The molecule has 0 saturated heterocycles. The highest BCUT2D eigenvalue weighted by molar-refractivity contribution is 5.37. The van der Waals surface area contributed by atoms with Crippen molar-refractivity contribution in [3.05, 3.63) is 46.8 Å². The van der Waals surface area contributed by atoms with Crippen LogP contribution in [-0.2, 0) is 0 Å².